The summed E-state index contributed by atoms with van der Waals surface area (Å²) in [5.74, 6) is 2.88. The molecule has 0 saturated heterocycles. The van der Waals surface area contributed by atoms with Crippen LogP contribution < -0.4 is 9.47 Å². The molecule has 2 aromatic carbocycles. The molecule has 4 rings (SSSR count). The molecule has 0 bridgehead atoms. The second-order valence-electron chi connectivity index (χ2n) is 8.95. The summed E-state index contributed by atoms with van der Waals surface area (Å²) < 4.78 is 19.2. The van der Waals surface area contributed by atoms with Crippen molar-refractivity contribution < 1.29 is 19.0 Å². The smallest absolute Gasteiger partial charge is 0.222 e. The average Bonchev–Trinajstić information content (AvgIpc) is 3.51. The highest BCUT2D eigenvalue weighted by Gasteiger charge is 2.24. The number of methoxy groups -OCH3 is 1. The number of aliphatic hydroxyl groups is 1. The summed E-state index contributed by atoms with van der Waals surface area (Å²) in [5, 5.41) is 15.6. The third kappa shape index (κ3) is 6.56. The number of aromatic nitrogens is 2. The van der Waals surface area contributed by atoms with Crippen molar-refractivity contribution >= 4 is 0 Å². The van der Waals surface area contributed by atoms with E-state index < -0.39 is 6.10 Å². The molecule has 1 atom stereocenters. The molecule has 0 amide bonds. The van der Waals surface area contributed by atoms with E-state index in [0.717, 1.165) is 47.6 Å². The zero-order chi connectivity index (χ0) is 25.3. The molecular formula is C29H35N3O4. The predicted molar refractivity (Wildman–Crippen MR) is 140 cm³/mol. The number of aryl methyl sites for hydroxylation is 1. The van der Waals surface area contributed by atoms with Crippen LogP contribution in [0.1, 0.15) is 37.5 Å². The predicted octanol–water partition coefficient (Wildman–Crippen LogP) is 6.03. The van der Waals surface area contributed by atoms with Gasteiger partial charge in [0.05, 0.1) is 31.6 Å². The number of aliphatic hydroxyl groups excluding tert-OH is 1. The Morgan fingerprint density at radius 1 is 1.03 bits per heavy atom. The standard InChI is InChI=1S/C29H35N3O4/c1-4-5-13-23(33)19-32(20-26-16-10-17-35-26)21-27-28(22-11-7-6-8-12-22)30-31(2)29(27)36-25-15-9-14-24(18-25)34-3/h6-12,14-18,23,33H,4-5,13,19-21H2,1-3H3. The second-order valence-corrected chi connectivity index (χ2v) is 8.95. The van der Waals surface area contributed by atoms with Gasteiger partial charge in [0, 0.05) is 31.8 Å². The lowest BCUT2D eigenvalue weighted by molar-refractivity contribution is 0.0917. The minimum absolute atomic E-state index is 0.431. The highest BCUT2D eigenvalue weighted by atomic mass is 16.5. The van der Waals surface area contributed by atoms with Gasteiger partial charge in [-0.15, -0.1) is 0 Å². The van der Waals surface area contributed by atoms with E-state index in [1.165, 1.54) is 0 Å². The number of benzene rings is 2. The van der Waals surface area contributed by atoms with Gasteiger partial charge >= 0.3 is 0 Å². The zero-order valence-corrected chi connectivity index (χ0v) is 21.3. The first-order valence-electron chi connectivity index (χ1n) is 12.4. The summed E-state index contributed by atoms with van der Waals surface area (Å²) in [5.41, 5.74) is 2.80. The molecule has 0 saturated carbocycles. The van der Waals surface area contributed by atoms with Gasteiger partial charge in [-0.25, -0.2) is 4.68 Å². The molecule has 2 aromatic heterocycles. The van der Waals surface area contributed by atoms with Gasteiger partial charge in [0.1, 0.15) is 23.0 Å². The fourth-order valence-corrected chi connectivity index (χ4v) is 4.29. The molecule has 2 heterocycles. The van der Waals surface area contributed by atoms with Crippen molar-refractivity contribution in [1.82, 2.24) is 14.7 Å². The molecule has 0 aliphatic rings. The Bertz CT molecular complexity index is 1200. The molecule has 4 aromatic rings. The van der Waals surface area contributed by atoms with Crippen molar-refractivity contribution in [2.45, 2.75) is 45.4 Å². The van der Waals surface area contributed by atoms with Gasteiger partial charge in [-0.1, -0.05) is 56.2 Å². The molecular weight excluding hydrogens is 454 g/mol. The first-order valence-corrected chi connectivity index (χ1v) is 12.4. The highest BCUT2D eigenvalue weighted by molar-refractivity contribution is 5.65. The van der Waals surface area contributed by atoms with Crippen LogP contribution in [-0.4, -0.2) is 39.5 Å². The Labute approximate surface area is 212 Å². The molecule has 0 aliphatic carbocycles. The van der Waals surface area contributed by atoms with E-state index in [4.69, 9.17) is 19.0 Å². The van der Waals surface area contributed by atoms with Crippen molar-refractivity contribution in [1.29, 1.82) is 0 Å². The van der Waals surface area contributed by atoms with E-state index >= 15 is 0 Å². The molecule has 190 valence electrons. The minimum atomic E-state index is -0.431. The van der Waals surface area contributed by atoms with Crippen LogP contribution in [0.25, 0.3) is 11.3 Å². The summed E-state index contributed by atoms with van der Waals surface area (Å²) in [6.07, 6.45) is 4.05. The van der Waals surface area contributed by atoms with Gasteiger partial charge in [-0.3, -0.25) is 4.90 Å². The quantitative estimate of drug-likeness (QED) is 0.247. The van der Waals surface area contributed by atoms with Gasteiger partial charge in [0.15, 0.2) is 0 Å². The van der Waals surface area contributed by atoms with E-state index in [-0.39, 0.29) is 0 Å². The van der Waals surface area contributed by atoms with Crippen LogP contribution >= 0.6 is 0 Å². The first kappa shape index (κ1) is 25.5. The van der Waals surface area contributed by atoms with Crippen LogP contribution in [0.15, 0.2) is 77.4 Å². The molecule has 0 fully saturated rings. The number of hydrogen-bond donors (Lipinski definition) is 1. The maximum Gasteiger partial charge on any atom is 0.222 e. The molecule has 7 heteroatoms. The number of unbranched alkanes of at least 4 members (excludes halogenated alkanes) is 1. The summed E-state index contributed by atoms with van der Waals surface area (Å²) in [6, 6.07) is 21.5. The maximum absolute atomic E-state index is 10.8. The fourth-order valence-electron chi connectivity index (χ4n) is 4.29. The SMILES string of the molecule is CCCCC(O)CN(Cc1ccco1)Cc1c(-c2ccccc2)nn(C)c1Oc1cccc(OC)c1. The Hall–Kier alpha value is -3.55. The molecule has 1 N–H and O–H groups in total. The van der Waals surface area contributed by atoms with Crippen molar-refractivity contribution in [3.05, 3.63) is 84.3 Å². The number of furan rings is 1. The molecule has 0 aliphatic heterocycles. The van der Waals surface area contributed by atoms with E-state index in [2.05, 4.69) is 11.8 Å². The monoisotopic (exact) mass is 489 g/mol. The Morgan fingerprint density at radius 3 is 2.56 bits per heavy atom. The lowest BCUT2D eigenvalue weighted by Gasteiger charge is -2.25. The van der Waals surface area contributed by atoms with E-state index in [0.29, 0.717) is 31.3 Å². The van der Waals surface area contributed by atoms with Crippen LogP contribution in [0.5, 0.6) is 17.4 Å². The molecule has 0 spiro atoms. The number of hydrogen-bond acceptors (Lipinski definition) is 6. The first-order chi connectivity index (χ1) is 17.6. The van der Waals surface area contributed by atoms with Crippen molar-refractivity contribution in [2.75, 3.05) is 13.7 Å². The highest BCUT2D eigenvalue weighted by Crippen LogP contribution is 2.35. The van der Waals surface area contributed by atoms with Gasteiger partial charge in [0.2, 0.25) is 5.88 Å². The lowest BCUT2D eigenvalue weighted by Crippen LogP contribution is -2.32. The van der Waals surface area contributed by atoms with Crippen LogP contribution in [0.2, 0.25) is 0 Å². The van der Waals surface area contributed by atoms with Crippen LogP contribution in [0.4, 0.5) is 0 Å². The number of nitrogens with zero attached hydrogens (tertiary/aromatic N) is 3. The molecule has 1 unspecified atom stereocenters. The zero-order valence-electron chi connectivity index (χ0n) is 21.3. The number of rotatable bonds is 13. The Morgan fingerprint density at radius 2 is 1.83 bits per heavy atom. The third-order valence-corrected chi connectivity index (χ3v) is 6.09. The topological polar surface area (TPSA) is 72.9 Å². The van der Waals surface area contributed by atoms with E-state index in [1.807, 2.05) is 73.8 Å². The van der Waals surface area contributed by atoms with Crippen molar-refractivity contribution in [3.63, 3.8) is 0 Å². The summed E-state index contributed by atoms with van der Waals surface area (Å²) >= 11 is 0. The third-order valence-electron chi connectivity index (χ3n) is 6.09. The van der Waals surface area contributed by atoms with Crippen LogP contribution in [0.3, 0.4) is 0 Å². The van der Waals surface area contributed by atoms with Crippen molar-refractivity contribution in [2.24, 2.45) is 7.05 Å². The fraction of sp³-hybridized carbons (Fsp3) is 0.345. The van der Waals surface area contributed by atoms with Gasteiger partial charge in [0.25, 0.3) is 0 Å². The van der Waals surface area contributed by atoms with E-state index in [9.17, 15) is 5.11 Å². The van der Waals surface area contributed by atoms with E-state index in [1.54, 1.807) is 18.1 Å². The molecule has 7 nitrogen and oxygen atoms in total. The normalized spacial score (nSPS) is 12.1. The van der Waals surface area contributed by atoms with Gasteiger partial charge in [-0.05, 0) is 30.7 Å². The average molecular weight is 490 g/mol. The van der Waals surface area contributed by atoms with Crippen LogP contribution in [-0.2, 0) is 20.1 Å². The van der Waals surface area contributed by atoms with Gasteiger partial charge in [-0.2, -0.15) is 5.10 Å². The van der Waals surface area contributed by atoms with Gasteiger partial charge < -0.3 is 19.0 Å². The largest absolute Gasteiger partial charge is 0.497 e. The second kappa shape index (κ2) is 12.4. The summed E-state index contributed by atoms with van der Waals surface area (Å²) in [6.45, 7) is 3.75. The Kier molecular flexibility index (Phi) is 8.81. The van der Waals surface area contributed by atoms with Crippen molar-refractivity contribution in [3.8, 4) is 28.6 Å². The Balaban J connectivity index is 1.70. The summed E-state index contributed by atoms with van der Waals surface area (Å²) in [4.78, 5) is 2.20. The number of ether oxygens (including phenoxy) is 2. The maximum atomic E-state index is 10.8. The molecule has 36 heavy (non-hydrogen) atoms. The van der Waals surface area contributed by atoms with Crippen LogP contribution in [0, 0.1) is 0 Å². The summed E-state index contributed by atoms with van der Waals surface area (Å²) in [7, 11) is 3.52. The molecule has 0 radical (unpaired) electrons. The lowest BCUT2D eigenvalue weighted by atomic mass is 10.1. The minimum Gasteiger partial charge on any atom is -0.497 e.